The van der Waals surface area contributed by atoms with E-state index >= 15 is 0 Å². The number of hydrogen-bond acceptors (Lipinski definition) is 4. The Morgan fingerprint density at radius 2 is 1.73 bits per heavy atom. The van der Waals surface area contributed by atoms with Gasteiger partial charge in [-0.25, -0.2) is 0 Å². The molecule has 0 spiro atoms. The second-order valence-corrected chi connectivity index (χ2v) is 2.55. The summed E-state index contributed by atoms with van der Waals surface area (Å²) in [5, 5.41) is 16.7. The Bertz CT molecular complexity index is 152. The van der Waals surface area contributed by atoms with Crippen molar-refractivity contribution in [3.8, 4) is 12.1 Å². The van der Waals surface area contributed by atoms with Gasteiger partial charge in [0.2, 0.25) is 0 Å². The first-order chi connectivity index (χ1) is 5.35. The van der Waals surface area contributed by atoms with Crippen LogP contribution in [0.1, 0.15) is 6.42 Å². The van der Waals surface area contributed by atoms with Crippen LogP contribution in [0.2, 0.25) is 0 Å². The van der Waals surface area contributed by atoms with Crippen molar-refractivity contribution in [1.82, 2.24) is 4.90 Å². The fourth-order valence-corrected chi connectivity index (χ4v) is 0.850. The monoisotopic (exact) mass is 169 g/mol. The maximum absolute atomic E-state index is 8.34. The molecule has 0 aliphatic carbocycles. The highest BCUT2D eigenvalue weighted by atomic mass is 32.1. The number of nitrogens with zero attached hydrogens (tertiary/aromatic N) is 3. The average Bonchev–Trinajstić information content (AvgIpc) is 2.01. The summed E-state index contributed by atoms with van der Waals surface area (Å²) in [7, 11) is 0. The molecule has 4 heteroatoms. The Balaban J connectivity index is 3.54. The molecule has 0 bridgehead atoms. The van der Waals surface area contributed by atoms with Crippen molar-refractivity contribution in [1.29, 1.82) is 10.5 Å². The van der Waals surface area contributed by atoms with Gasteiger partial charge in [0.05, 0.1) is 25.2 Å². The zero-order valence-corrected chi connectivity index (χ0v) is 7.22. The van der Waals surface area contributed by atoms with Crippen LogP contribution in [0.15, 0.2) is 0 Å². The molecule has 3 nitrogen and oxygen atoms in total. The summed E-state index contributed by atoms with van der Waals surface area (Å²) >= 11 is 4.04. The van der Waals surface area contributed by atoms with Crippen molar-refractivity contribution in [3.63, 3.8) is 0 Å². The summed E-state index contributed by atoms with van der Waals surface area (Å²) in [5.74, 6) is 0.799. The van der Waals surface area contributed by atoms with E-state index in [0.29, 0.717) is 13.1 Å². The molecule has 0 atom stereocenters. The highest BCUT2D eigenvalue weighted by Gasteiger charge is 2.00. The van der Waals surface area contributed by atoms with E-state index in [4.69, 9.17) is 10.5 Å². The normalized spacial score (nSPS) is 9.09. The second-order valence-electron chi connectivity index (χ2n) is 2.10. The molecule has 0 aliphatic heterocycles. The Morgan fingerprint density at radius 3 is 2.09 bits per heavy atom. The van der Waals surface area contributed by atoms with E-state index in [1.54, 1.807) is 4.90 Å². The lowest BCUT2D eigenvalue weighted by atomic mass is 10.4. The molecule has 0 amide bonds. The van der Waals surface area contributed by atoms with Crippen LogP contribution >= 0.6 is 12.6 Å². The van der Waals surface area contributed by atoms with Gasteiger partial charge in [-0.2, -0.15) is 23.2 Å². The lowest BCUT2D eigenvalue weighted by molar-refractivity contribution is 0.344. The van der Waals surface area contributed by atoms with E-state index in [2.05, 4.69) is 12.6 Å². The second kappa shape index (κ2) is 7.40. The molecule has 0 unspecified atom stereocenters. The van der Waals surface area contributed by atoms with E-state index in [9.17, 15) is 0 Å². The Kier molecular flexibility index (Phi) is 6.92. The Hall–Kier alpha value is -0.710. The molecule has 0 aliphatic rings. The number of thiol groups is 1. The zero-order valence-electron chi connectivity index (χ0n) is 6.32. The third-order valence-electron chi connectivity index (χ3n) is 1.22. The van der Waals surface area contributed by atoms with E-state index in [0.717, 1.165) is 18.7 Å². The van der Waals surface area contributed by atoms with Crippen molar-refractivity contribution < 1.29 is 0 Å². The summed E-state index contributed by atoms with van der Waals surface area (Å²) < 4.78 is 0. The predicted molar refractivity (Wildman–Crippen MR) is 46.1 cm³/mol. The minimum atomic E-state index is 0.335. The first kappa shape index (κ1) is 10.3. The fraction of sp³-hybridized carbons (Fsp3) is 0.714. The molecule has 0 fully saturated rings. The number of rotatable bonds is 5. The standard InChI is InChI=1S/C7H11N3S/c8-2-5-10(6-3-9)4-1-7-11/h11H,1,4-7H2. The maximum atomic E-state index is 8.34. The lowest BCUT2D eigenvalue weighted by Gasteiger charge is -2.13. The molecular weight excluding hydrogens is 158 g/mol. The van der Waals surface area contributed by atoms with Crippen LogP contribution in [0.5, 0.6) is 0 Å². The van der Waals surface area contributed by atoms with Gasteiger partial charge in [0.15, 0.2) is 0 Å². The van der Waals surface area contributed by atoms with E-state index in [1.165, 1.54) is 0 Å². The molecule has 0 saturated heterocycles. The summed E-state index contributed by atoms with van der Waals surface area (Å²) in [6.45, 7) is 1.45. The lowest BCUT2D eigenvalue weighted by Crippen LogP contribution is -2.25. The van der Waals surface area contributed by atoms with Gasteiger partial charge in [-0.3, -0.25) is 4.90 Å². The van der Waals surface area contributed by atoms with E-state index in [-0.39, 0.29) is 0 Å². The van der Waals surface area contributed by atoms with Crippen LogP contribution in [0.25, 0.3) is 0 Å². The Morgan fingerprint density at radius 1 is 1.18 bits per heavy atom. The predicted octanol–water partition coefficient (Wildman–Crippen LogP) is 0.655. The molecule has 0 rings (SSSR count). The molecule has 0 saturated carbocycles. The van der Waals surface area contributed by atoms with Gasteiger partial charge in [0.1, 0.15) is 0 Å². The van der Waals surface area contributed by atoms with Crippen molar-refractivity contribution >= 4 is 12.6 Å². The van der Waals surface area contributed by atoms with Crippen LogP contribution < -0.4 is 0 Å². The van der Waals surface area contributed by atoms with E-state index in [1.807, 2.05) is 12.1 Å². The maximum Gasteiger partial charge on any atom is 0.0874 e. The van der Waals surface area contributed by atoms with E-state index < -0.39 is 0 Å². The SMILES string of the molecule is N#CCN(CC#N)CCCS. The minimum absolute atomic E-state index is 0.335. The van der Waals surface area contributed by atoms with Crippen molar-refractivity contribution in [2.75, 3.05) is 25.4 Å². The van der Waals surface area contributed by atoms with Gasteiger partial charge in [0, 0.05) is 6.54 Å². The fourth-order valence-electron chi connectivity index (χ4n) is 0.708. The van der Waals surface area contributed by atoms with Gasteiger partial charge in [-0.1, -0.05) is 0 Å². The minimum Gasteiger partial charge on any atom is -0.277 e. The van der Waals surface area contributed by atoms with Gasteiger partial charge in [-0.05, 0) is 12.2 Å². The highest BCUT2D eigenvalue weighted by Crippen LogP contribution is 1.91. The summed E-state index contributed by atoms with van der Waals surface area (Å²) in [6, 6.07) is 4.02. The quantitative estimate of drug-likeness (QED) is 0.486. The smallest absolute Gasteiger partial charge is 0.0874 e. The van der Waals surface area contributed by atoms with Crippen LogP contribution in [0, 0.1) is 22.7 Å². The van der Waals surface area contributed by atoms with Crippen LogP contribution in [0.4, 0.5) is 0 Å². The molecular formula is C7H11N3S. The third kappa shape index (κ3) is 5.72. The van der Waals surface area contributed by atoms with Gasteiger partial charge in [-0.15, -0.1) is 0 Å². The van der Waals surface area contributed by atoms with Gasteiger partial charge in [0.25, 0.3) is 0 Å². The molecule has 0 radical (unpaired) electrons. The molecule has 0 aromatic carbocycles. The highest BCUT2D eigenvalue weighted by molar-refractivity contribution is 7.80. The number of hydrogen-bond donors (Lipinski definition) is 1. The van der Waals surface area contributed by atoms with Gasteiger partial charge >= 0.3 is 0 Å². The van der Waals surface area contributed by atoms with Crippen molar-refractivity contribution in [3.05, 3.63) is 0 Å². The third-order valence-corrected chi connectivity index (χ3v) is 1.54. The molecule has 0 aromatic heterocycles. The average molecular weight is 169 g/mol. The summed E-state index contributed by atoms with van der Waals surface area (Å²) in [6.07, 6.45) is 0.923. The van der Waals surface area contributed by atoms with Crippen LogP contribution in [-0.4, -0.2) is 30.3 Å². The van der Waals surface area contributed by atoms with Crippen LogP contribution in [-0.2, 0) is 0 Å². The topological polar surface area (TPSA) is 50.8 Å². The van der Waals surface area contributed by atoms with Gasteiger partial charge < -0.3 is 0 Å². The first-order valence-corrected chi connectivity index (χ1v) is 4.05. The first-order valence-electron chi connectivity index (χ1n) is 3.42. The summed E-state index contributed by atoms with van der Waals surface area (Å²) in [4.78, 5) is 1.80. The van der Waals surface area contributed by atoms with Crippen molar-refractivity contribution in [2.45, 2.75) is 6.42 Å². The summed E-state index contributed by atoms with van der Waals surface area (Å²) in [5.41, 5.74) is 0. The molecule has 11 heavy (non-hydrogen) atoms. The number of nitriles is 2. The van der Waals surface area contributed by atoms with Crippen molar-refractivity contribution in [2.24, 2.45) is 0 Å². The molecule has 0 N–H and O–H groups in total. The largest absolute Gasteiger partial charge is 0.277 e. The molecule has 0 aromatic rings. The molecule has 60 valence electrons. The van der Waals surface area contributed by atoms with Crippen LogP contribution in [0.3, 0.4) is 0 Å². The zero-order chi connectivity index (χ0) is 8.53. The Labute approximate surface area is 72.6 Å². The molecule has 0 heterocycles.